The number of nitro benzene ring substituents is 2. The van der Waals surface area contributed by atoms with Crippen LogP contribution >= 0.6 is 0 Å². The summed E-state index contributed by atoms with van der Waals surface area (Å²) in [6, 6.07) is 14.7. The molecule has 0 aliphatic heterocycles. The largest absolute Gasteiger partial charge is 0.457 e. The zero-order valence-corrected chi connectivity index (χ0v) is 14.6. The summed E-state index contributed by atoms with van der Waals surface area (Å²) in [5.41, 5.74) is -1.39. The number of para-hydroxylation sites is 1. The van der Waals surface area contributed by atoms with Gasteiger partial charge in [0.15, 0.2) is 0 Å². The average Bonchev–Trinajstić information content (AvgIpc) is 2.70. The molecule has 0 aliphatic carbocycles. The van der Waals surface area contributed by atoms with Crippen LogP contribution in [0.25, 0.3) is 0 Å². The second kappa shape index (κ2) is 8.13. The number of hydrogen-bond acceptors (Lipinski definition) is 6. The first-order valence-corrected chi connectivity index (χ1v) is 8.12. The fraction of sp³-hybridized carbons (Fsp3) is 0. The average molecular weight is 397 g/mol. The Hall–Kier alpha value is -4.34. The van der Waals surface area contributed by atoms with E-state index in [-0.39, 0.29) is 22.7 Å². The van der Waals surface area contributed by atoms with E-state index in [1.165, 1.54) is 12.1 Å². The van der Waals surface area contributed by atoms with Gasteiger partial charge in [0.25, 0.3) is 11.6 Å². The second-order valence-electron chi connectivity index (χ2n) is 5.73. The molecule has 0 radical (unpaired) electrons. The molecule has 0 aliphatic rings. The maximum Gasteiger partial charge on any atom is 0.306 e. The van der Waals surface area contributed by atoms with Crippen molar-refractivity contribution >= 4 is 23.0 Å². The fourth-order valence-corrected chi connectivity index (χ4v) is 2.44. The van der Waals surface area contributed by atoms with Crippen LogP contribution in [0.1, 0.15) is 10.4 Å². The van der Waals surface area contributed by atoms with Crippen molar-refractivity contribution < 1.29 is 23.8 Å². The SMILES string of the molecule is O=C(Nc1ccc(F)c([N+](=O)[O-])c1)c1cc([N+](=O)[O-])ccc1Oc1ccccc1. The number of nitrogens with zero attached hydrogens (tertiary/aromatic N) is 2. The van der Waals surface area contributed by atoms with Gasteiger partial charge in [0.2, 0.25) is 5.82 Å². The topological polar surface area (TPSA) is 125 Å². The first-order valence-electron chi connectivity index (χ1n) is 8.12. The molecule has 0 heterocycles. The van der Waals surface area contributed by atoms with Gasteiger partial charge in [-0.05, 0) is 30.3 Å². The Morgan fingerprint density at radius 1 is 0.931 bits per heavy atom. The molecule has 0 spiro atoms. The van der Waals surface area contributed by atoms with Crippen molar-refractivity contribution in [2.45, 2.75) is 0 Å². The van der Waals surface area contributed by atoms with E-state index in [9.17, 15) is 29.4 Å². The molecule has 1 amide bonds. The standard InChI is InChI=1S/C19H12FN3O6/c20-16-8-6-12(10-17(16)23(27)28)21-19(24)15-11-13(22(25)26)7-9-18(15)29-14-4-2-1-3-5-14/h1-11H,(H,21,24). The molecular weight excluding hydrogens is 385 g/mol. The van der Waals surface area contributed by atoms with E-state index in [1.54, 1.807) is 30.3 Å². The Morgan fingerprint density at radius 2 is 1.66 bits per heavy atom. The molecule has 29 heavy (non-hydrogen) atoms. The Bertz CT molecular complexity index is 1100. The van der Waals surface area contributed by atoms with Gasteiger partial charge in [-0.15, -0.1) is 0 Å². The van der Waals surface area contributed by atoms with Crippen molar-refractivity contribution in [3.8, 4) is 11.5 Å². The van der Waals surface area contributed by atoms with Gasteiger partial charge in [-0.2, -0.15) is 4.39 Å². The van der Waals surface area contributed by atoms with E-state index in [0.29, 0.717) is 5.75 Å². The zero-order valence-electron chi connectivity index (χ0n) is 14.6. The molecule has 3 aromatic carbocycles. The van der Waals surface area contributed by atoms with Crippen LogP contribution in [0.5, 0.6) is 11.5 Å². The Labute approximate surface area is 162 Å². The molecule has 0 atom stereocenters. The van der Waals surface area contributed by atoms with Gasteiger partial charge in [-0.3, -0.25) is 25.0 Å². The molecule has 0 aromatic heterocycles. The monoisotopic (exact) mass is 397 g/mol. The molecule has 0 unspecified atom stereocenters. The summed E-state index contributed by atoms with van der Waals surface area (Å²) < 4.78 is 19.1. The summed E-state index contributed by atoms with van der Waals surface area (Å²) in [6.45, 7) is 0. The fourth-order valence-electron chi connectivity index (χ4n) is 2.44. The number of carbonyl (C=O) groups excluding carboxylic acids is 1. The number of benzene rings is 3. The van der Waals surface area contributed by atoms with Crippen molar-refractivity contribution in [1.29, 1.82) is 0 Å². The predicted octanol–water partition coefficient (Wildman–Crippen LogP) is 4.69. The molecule has 3 aromatic rings. The minimum absolute atomic E-state index is 0.0379. The smallest absolute Gasteiger partial charge is 0.306 e. The van der Waals surface area contributed by atoms with Crippen LogP contribution in [0.4, 0.5) is 21.5 Å². The van der Waals surface area contributed by atoms with Crippen molar-refractivity contribution in [2.75, 3.05) is 5.32 Å². The van der Waals surface area contributed by atoms with Gasteiger partial charge in [0, 0.05) is 23.9 Å². The first kappa shape index (κ1) is 19.4. The Kier molecular flexibility index (Phi) is 5.44. The number of amides is 1. The molecule has 146 valence electrons. The maximum atomic E-state index is 13.5. The lowest BCUT2D eigenvalue weighted by Gasteiger charge is -2.11. The van der Waals surface area contributed by atoms with Crippen molar-refractivity contribution in [3.05, 3.63) is 98.3 Å². The van der Waals surface area contributed by atoms with Gasteiger partial charge >= 0.3 is 5.69 Å². The molecule has 0 saturated carbocycles. The number of nitro groups is 2. The van der Waals surface area contributed by atoms with E-state index < -0.39 is 27.3 Å². The number of carbonyl (C=O) groups is 1. The predicted molar refractivity (Wildman–Crippen MR) is 101 cm³/mol. The minimum Gasteiger partial charge on any atom is -0.457 e. The second-order valence-corrected chi connectivity index (χ2v) is 5.73. The summed E-state index contributed by atoms with van der Waals surface area (Å²) in [5, 5.41) is 24.3. The van der Waals surface area contributed by atoms with Gasteiger partial charge in [0.1, 0.15) is 11.5 Å². The number of non-ortho nitro benzene ring substituents is 1. The molecule has 3 rings (SSSR count). The van der Waals surface area contributed by atoms with Crippen LogP contribution in [-0.4, -0.2) is 15.8 Å². The summed E-state index contributed by atoms with van der Waals surface area (Å²) in [6.07, 6.45) is 0. The van der Waals surface area contributed by atoms with Crippen LogP contribution in [0, 0.1) is 26.0 Å². The van der Waals surface area contributed by atoms with E-state index in [4.69, 9.17) is 4.74 Å². The van der Waals surface area contributed by atoms with Gasteiger partial charge in [0.05, 0.1) is 15.4 Å². The van der Waals surface area contributed by atoms with E-state index >= 15 is 0 Å². The van der Waals surface area contributed by atoms with Gasteiger partial charge in [-0.25, -0.2) is 0 Å². The number of nitrogens with one attached hydrogen (secondary N) is 1. The Morgan fingerprint density at radius 3 is 2.31 bits per heavy atom. The highest BCUT2D eigenvalue weighted by atomic mass is 19.1. The van der Waals surface area contributed by atoms with Crippen molar-refractivity contribution in [2.24, 2.45) is 0 Å². The van der Waals surface area contributed by atoms with Crippen LogP contribution in [0.2, 0.25) is 0 Å². The van der Waals surface area contributed by atoms with Crippen LogP contribution in [0.15, 0.2) is 66.7 Å². The normalized spacial score (nSPS) is 10.2. The lowest BCUT2D eigenvalue weighted by molar-refractivity contribution is -0.387. The molecule has 1 N–H and O–H groups in total. The van der Waals surface area contributed by atoms with Crippen molar-refractivity contribution in [1.82, 2.24) is 0 Å². The van der Waals surface area contributed by atoms with Gasteiger partial charge < -0.3 is 10.1 Å². The lowest BCUT2D eigenvalue weighted by Crippen LogP contribution is -2.14. The zero-order chi connectivity index (χ0) is 21.0. The highest BCUT2D eigenvalue weighted by molar-refractivity contribution is 6.06. The number of halogens is 1. The van der Waals surface area contributed by atoms with E-state index in [1.807, 2.05) is 0 Å². The maximum absolute atomic E-state index is 13.5. The van der Waals surface area contributed by atoms with Crippen molar-refractivity contribution in [3.63, 3.8) is 0 Å². The van der Waals surface area contributed by atoms with E-state index in [2.05, 4.69) is 5.32 Å². The highest BCUT2D eigenvalue weighted by Crippen LogP contribution is 2.30. The number of anilines is 1. The quantitative estimate of drug-likeness (QED) is 0.475. The molecule has 9 nitrogen and oxygen atoms in total. The molecule has 0 bridgehead atoms. The lowest BCUT2D eigenvalue weighted by atomic mass is 10.1. The summed E-state index contributed by atoms with van der Waals surface area (Å²) in [4.78, 5) is 33.0. The summed E-state index contributed by atoms with van der Waals surface area (Å²) in [5.74, 6) is -1.44. The third kappa shape index (κ3) is 4.50. The molecule has 0 saturated heterocycles. The van der Waals surface area contributed by atoms with Crippen LogP contribution in [-0.2, 0) is 0 Å². The Balaban J connectivity index is 1.96. The number of ether oxygens (including phenoxy) is 1. The highest BCUT2D eigenvalue weighted by Gasteiger charge is 2.20. The molecule has 0 fully saturated rings. The first-order chi connectivity index (χ1) is 13.8. The minimum atomic E-state index is -1.06. The van der Waals surface area contributed by atoms with Crippen LogP contribution in [0.3, 0.4) is 0 Å². The van der Waals surface area contributed by atoms with Gasteiger partial charge in [-0.1, -0.05) is 18.2 Å². The molecular formula is C19H12FN3O6. The number of rotatable bonds is 6. The third-order valence-electron chi connectivity index (χ3n) is 3.79. The summed E-state index contributed by atoms with van der Waals surface area (Å²) >= 11 is 0. The van der Waals surface area contributed by atoms with Crippen LogP contribution < -0.4 is 10.1 Å². The summed E-state index contributed by atoms with van der Waals surface area (Å²) in [7, 11) is 0. The number of hydrogen-bond donors (Lipinski definition) is 1. The molecule has 10 heteroatoms. The van der Waals surface area contributed by atoms with E-state index in [0.717, 1.165) is 24.3 Å². The third-order valence-corrected chi connectivity index (χ3v) is 3.79.